The first-order valence-corrected chi connectivity index (χ1v) is 7.69. The molecule has 0 aliphatic carbocycles. The lowest BCUT2D eigenvalue weighted by Gasteiger charge is -2.44. The van der Waals surface area contributed by atoms with Gasteiger partial charge in [0.05, 0.1) is 12.6 Å². The molecule has 0 unspecified atom stereocenters. The number of alkyl halides is 3. The molecule has 1 fully saturated rings. The van der Waals surface area contributed by atoms with Crippen molar-refractivity contribution in [1.29, 1.82) is 0 Å². The Labute approximate surface area is 143 Å². The Kier molecular flexibility index (Phi) is 5.09. The molecule has 1 aliphatic heterocycles. The summed E-state index contributed by atoms with van der Waals surface area (Å²) in [6.07, 6.45) is -5.29. The molecule has 1 aliphatic rings. The zero-order valence-electron chi connectivity index (χ0n) is 12.4. The van der Waals surface area contributed by atoms with Crippen LogP contribution in [-0.2, 0) is 9.53 Å². The van der Waals surface area contributed by atoms with E-state index in [1.165, 1.54) is 30.4 Å². The van der Waals surface area contributed by atoms with Crippen LogP contribution in [-0.4, -0.2) is 35.6 Å². The molecular formula is C14H14BrF3N2O4. The lowest BCUT2D eigenvalue weighted by Crippen LogP contribution is -2.73. The zero-order valence-corrected chi connectivity index (χ0v) is 13.9. The Hall–Kier alpha value is -1.81. The molecule has 10 heteroatoms. The lowest BCUT2D eigenvalue weighted by molar-refractivity contribution is -0.294. The molecule has 6 nitrogen and oxygen atoms in total. The van der Waals surface area contributed by atoms with Gasteiger partial charge >= 0.3 is 18.2 Å². The monoisotopic (exact) mass is 410 g/mol. The Morgan fingerprint density at radius 2 is 2.12 bits per heavy atom. The molecule has 0 bridgehead atoms. The summed E-state index contributed by atoms with van der Waals surface area (Å²) in [5.41, 5.74) is -3.55. The van der Waals surface area contributed by atoms with Gasteiger partial charge in [-0.3, -0.25) is 4.79 Å². The summed E-state index contributed by atoms with van der Waals surface area (Å²) in [5.74, 6) is -3.40. The van der Waals surface area contributed by atoms with Crippen molar-refractivity contribution in [2.45, 2.75) is 24.9 Å². The molecule has 3 N–H and O–H groups in total. The fourth-order valence-electron chi connectivity index (χ4n) is 2.51. The highest BCUT2D eigenvalue weighted by atomic mass is 79.9. The van der Waals surface area contributed by atoms with Crippen molar-refractivity contribution in [2.75, 3.05) is 6.61 Å². The highest BCUT2D eigenvalue weighted by Gasteiger charge is 2.67. The van der Waals surface area contributed by atoms with E-state index >= 15 is 0 Å². The van der Waals surface area contributed by atoms with Crippen molar-refractivity contribution in [3.8, 4) is 0 Å². The van der Waals surface area contributed by atoms with E-state index in [1.54, 1.807) is 6.07 Å². The Balaban J connectivity index is 2.57. The quantitative estimate of drug-likeness (QED) is 0.666. The largest absolute Gasteiger partial charge is 0.466 e. The van der Waals surface area contributed by atoms with Gasteiger partial charge in [-0.15, -0.1) is 0 Å². The number of halogens is 4. The van der Waals surface area contributed by atoms with Gasteiger partial charge < -0.3 is 20.5 Å². The molecule has 24 heavy (non-hydrogen) atoms. The van der Waals surface area contributed by atoms with Crippen LogP contribution >= 0.6 is 15.9 Å². The highest BCUT2D eigenvalue weighted by molar-refractivity contribution is 9.10. The summed E-state index contributed by atoms with van der Waals surface area (Å²) in [7, 11) is 0. The summed E-state index contributed by atoms with van der Waals surface area (Å²) >= 11 is 3.17. The second-order valence-electron chi connectivity index (χ2n) is 5.12. The molecule has 1 aromatic rings. The van der Waals surface area contributed by atoms with E-state index in [0.717, 1.165) is 0 Å². The summed E-state index contributed by atoms with van der Waals surface area (Å²) in [4.78, 5) is 23.8. The molecule has 0 spiro atoms. The number of rotatable bonds is 3. The van der Waals surface area contributed by atoms with Crippen LogP contribution in [0.5, 0.6) is 0 Å². The predicted molar refractivity (Wildman–Crippen MR) is 79.7 cm³/mol. The molecular weight excluding hydrogens is 397 g/mol. The molecule has 0 aromatic heterocycles. The number of hydrogen-bond donors (Lipinski definition) is 3. The highest BCUT2D eigenvalue weighted by Crippen LogP contribution is 2.43. The standard InChI is InChI=1S/C14H14BrF3N2O4/c1-2-24-11(21)9-10(7-4-3-5-8(15)6-7)19-12(22)20-13(9,23)14(16,17)18/h3-6,9-10,23H,2H2,1H3,(H2,19,20,22)/t9-,10+,13-/m0/s1. The summed E-state index contributed by atoms with van der Waals surface area (Å²) in [6.45, 7) is 1.25. The van der Waals surface area contributed by atoms with Crippen LogP contribution in [0.1, 0.15) is 18.5 Å². The van der Waals surface area contributed by atoms with Crippen molar-refractivity contribution in [3.63, 3.8) is 0 Å². The number of hydrogen-bond acceptors (Lipinski definition) is 4. The van der Waals surface area contributed by atoms with E-state index in [-0.39, 0.29) is 12.2 Å². The number of urea groups is 1. The van der Waals surface area contributed by atoms with Crippen LogP contribution in [0.3, 0.4) is 0 Å². The number of esters is 1. The zero-order chi connectivity index (χ0) is 18.1. The van der Waals surface area contributed by atoms with Gasteiger partial charge in [0.15, 0.2) is 0 Å². The van der Waals surface area contributed by atoms with Gasteiger partial charge in [-0.05, 0) is 24.6 Å². The van der Waals surface area contributed by atoms with Crippen molar-refractivity contribution in [3.05, 3.63) is 34.3 Å². The van der Waals surface area contributed by atoms with Crippen molar-refractivity contribution in [1.82, 2.24) is 10.6 Å². The van der Waals surface area contributed by atoms with Crippen molar-refractivity contribution < 1.29 is 32.6 Å². The second-order valence-corrected chi connectivity index (χ2v) is 6.04. The Bertz CT molecular complexity index is 655. The van der Waals surface area contributed by atoms with Gasteiger partial charge in [-0.1, -0.05) is 28.1 Å². The number of amides is 2. The molecule has 2 amide bonds. The van der Waals surface area contributed by atoms with Crippen LogP contribution in [0, 0.1) is 5.92 Å². The molecule has 3 atom stereocenters. The molecule has 1 aromatic carbocycles. The van der Waals surface area contributed by atoms with Crippen LogP contribution in [0.25, 0.3) is 0 Å². The number of nitrogens with one attached hydrogen (secondary N) is 2. The Morgan fingerprint density at radius 3 is 2.67 bits per heavy atom. The summed E-state index contributed by atoms with van der Waals surface area (Å²) < 4.78 is 45.4. The van der Waals surface area contributed by atoms with Gasteiger partial charge in [0.2, 0.25) is 0 Å². The number of carbonyl (C=O) groups is 2. The predicted octanol–water partition coefficient (Wildman–Crippen LogP) is 2.23. The van der Waals surface area contributed by atoms with Crippen LogP contribution in [0.2, 0.25) is 0 Å². The minimum atomic E-state index is -5.29. The molecule has 0 saturated carbocycles. The number of carbonyl (C=O) groups excluding carboxylic acids is 2. The lowest BCUT2D eigenvalue weighted by atomic mass is 9.82. The summed E-state index contributed by atoms with van der Waals surface area (Å²) in [5, 5.41) is 13.8. The van der Waals surface area contributed by atoms with Gasteiger partial charge in [0, 0.05) is 4.47 Å². The van der Waals surface area contributed by atoms with E-state index in [0.29, 0.717) is 4.47 Å². The van der Waals surface area contributed by atoms with Crippen LogP contribution < -0.4 is 10.6 Å². The van der Waals surface area contributed by atoms with E-state index < -0.39 is 35.9 Å². The third kappa shape index (κ3) is 3.34. The number of aliphatic hydroxyl groups is 1. The maximum absolute atomic E-state index is 13.4. The van der Waals surface area contributed by atoms with E-state index in [1.807, 2.05) is 0 Å². The molecule has 0 radical (unpaired) electrons. The van der Waals surface area contributed by atoms with Gasteiger partial charge in [-0.25, -0.2) is 4.79 Å². The third-order valence-corrected chi connectivity index (χ3v) is 4.05. The second kappa shape index (κ2) is 6.60. The average molecular weight is 411 g/mol. The van der Waals surface area contributed by atoms with Gasteiger partial charge in [-0.2, -0.15) is 13.2 Å². The molecule has 1 saturated heterocycles. The first-order chi connectivity index (χ1) is 11.1. The summed E-state index contributed by atoms with van der Waals surface area (Å²) in [6, 6.07) is 3.36. The average Bonchev–Trinajstić information content (AvgIpc) is 2.45. The van der Waals surface area contributed by atoms with Crippen molar-refractivity contribution in [2.24, 2.45) is 5.92 Å². The molecule has 2 rings (SSSR count). The van der Waals surface area contributed by atoms with Crippen LogP contribution in [0.4, 0.5) is 18.0 Å². The van der Waals surface area contributed by atoms with E-state index in [4.69, 9.17) is 0 Å². The third-order valence-electron chi connectivity index (χ3n) is 3.55. The molecule has 1 heterocycles. The minimum absolute atomic E-state index is 0.178. The maximum Gasteiger partial charge on any atom is 0.437 e. The fraction of sp³-hybridized carbons (Fsp3) is 0.429. The normalized spacial score (nSPS) is 27.2. The first-order valence-electron chi connectivity index (χ1n) is 6.90. The Morgan fingerprint density at radius 1 is 1.46 bits per heavy atom. The van der Waals surface area contributed by atoms with Gasteiger partial charge in [0.25, 0.3) is 5.72 Å². The van der Waals surface area contributed by atoms with Crippen molar-refractivity contribution >= 4 is 27.9 Å². The van der Waals surface area contributed by atoms with Crippen LogP contribution in [0.15, 0.2) is 28.7 Å². The topological polar surface area (TPSA) is 87.7 Å². The minimum Gasteiger partial charge on any atom is -0.466 e. The maximum atomic E-state index is 13.4. The first kappa shape index (κ1) is 18.5. The van der Waals surface area contributed by atoms with E-state index in [2.05, 4.69) is 26.0 Å². The smallest absolute Gasteiger partial charge is 0.437 e. The number of benzene rings is 1. The molecule has 132 valence electrons. The van der Waals surface area contributed by atoms with E-state index in [9.17, 15) is 27.9 Å². The number of ether oxygens (including phenoxy) is 1. The van der Waals surface area contributed by atoms with Gasteiger partial charge in [0.1, 0.15) is 5.92 Å². The SMILES string of the molecule is CCOC(=O)[C@@H]1[C@@H](c2cccc(Br)c2)NC(=O)N[C@@]1(O)C(F)(F)F. The fourth-order valence-corrected chi connectivity index (χ4v) is 2.93.